The van der Waals surface area contributed by atoms with Gasteiger partial charge in [-0.1, -0.05) is 18.2 Å². The Morgan fingerprint density at radius 1 is 0.893 bits per heavy atom. The van der Waals surface area contributed by atoms with E-state index in [0.29, 0.717) is 5.69 Å². The van der Waals surface area contributed by atoms with Crippen molar-refractivity contribution < 1.29 is 4.79 Å². The number of rotatable bonds is 4. The molecule has 0 saturated heterocycles. The number of carbonyl (C=O) groups excluding carboxylic acids is 1. The van der Waals surface area contributed by atoms with Crippen LogP contribution in [0.1, 0.15) is 27.8 Å². The number of amides is 1. The van der Waals surface area contributed by atoms with Gasteiger partial charge in [0.15, 0.2) is 0 Å². The zero-order valence-electron chi connectivity index (χ0n) is 17.0. The van der Waals surface area contributed by atoms with E-state index < -0.39 is 0 Å². The molecule has 5 heteroatoms. The molecule has 0 radical (unpaired) electrons. The zero-order chi connectivity index (χ0) is 20.4. The molecule has 0 unspecified atom stereocenters. The number of nitrogens with one attached hydrogen (secondary N) is 1. The Labute approximate surface area is 165 Å². The summed E-state index contributed by atoms with van der Waals surface area (Å²) in [4.78, 5) is 24.7. The molecular weight excluding hydrogens is 350 g/mol. The predicted molar refractivity (Wildman–Crippen MR) is 113 cm³/mol. The highest BCUT2D eigenvalue weighted by Gasteiger charge is 2.11. The number of aryl methyl sites for hydroxylation is 5. The molecule has 0 atom stereocenters. The lowest BCUT2D eigenvalue weighted by Gasteiger charge is -2.12. The average molecular weight is 375 g/mol. The van der Waals surface area contributed by atoms with E-state index >= 15 is 0 Å². The number of carbonyl (C=O) groups is 1. The summed E-state index contributed by atoms with van der Waals surface area (Å²) in [5.74, 6) is -0.280. The fraction of sp³-hybridized carbons (Fsp3) is 0.261. The lowest BCUT2D eigenvalue weighted by Crippen LogP contribution is -2.29. The van der Waals surface area contributed by atoms with E-state index in [9.17, 15) is 9.59 Å². The van der Waals surface area contributed by atoms with E-state index in [1.165, 1.54) is 16.3 Å². The third-order valence-corrected chi connectivity index (χ3v) is 4.94. The van der Waals surface area contributed by atoms with Gasteiger partial charge in [0, 0.05) is 17.3 Å². The molecule has 3 aromatic rings. The molecule has 28 heavy (non-hydrogen) atoms. The molecule has 0 saturated carbocycles. The fourth-order valence-corrected chi connectivity index (χ4v) is 3.14. The molecule has 3 rings (SSSR count). The molecule has 144 valence electrons. The minimum Gasteiger partial charge on any atom is -0.324 e. The summed E-state index contributed by atoms with van der Waals surface area (Å²) in [6.07, 6.45) is 0. The molecule has 0 aliphatic heterocycles. The van der Waals surface area contributed by atoms with Gasteiger partial charge < -0.3 is 5.32 Å². The third kappa shape index (κ3) is 4.19. The number of hydrogen-bond donors (Lipinski definition) is 1. The first-order chi connectivity index (χ1) is 13.2. The van der Waals surface area contributed by atoms with Gasteiger partial charge in [-0.05, 0) is 80.6 Å². The van der Waals surface area contributed by atoms with E-state index in [1.807, 2.05) is 45.9 Å². The van der Waals surface area contributed by atoms with Crippen LogP contribution in [0.3, 0.4) is 0 Å². The van der Waals surface area contributed by atoms with Crippen molar-refractivity contribution >= 4 is 11.6 Å². The maximum absolute atomic E-state index is 12.5. The maximum atomic E-state index is 12.5. The molecule has 2 aromatic carbocycles. The summed E-state index contributed by atoms with van der Waals surface area (Å²) in [5.41, 5.74) is 7.57. The molecule has 0 fully saturated rings. The fourth-order valence-electron chi connectivity index (χ4n) is 3.14. The summed E-state index contributed by atoms with van der Waals surface area (Å²) in [6.45, 7) is 9.90. The number of benzene rings is 2. The van der Waals surface area contributed by atoms with Gasteiger partial charge in [-0.3, -0.25) is 9.59 Å². The van der Waals surface area contributed by atoms with E-state index in [4.69, 9.17) is 0 Å². The van der Waals surface area contributed by atoms with Crippen LogP contribution in [0.4, 0.5) is 5.69 Å². The first-order valence-electron chi connectivity index (χ1n) is 9.28. The van der Waals surface area contributed by atoms with Gasteiger partial charge in [-0.15, -0.1) is 0 Å². The summed E-state index contributed by atoms with van der Waals surface area (Å²) in [6, 6.07) is 13.2. The van der Waals surface area contributed by atoms with E-state index in [-0.39, 0.29) is 18.0 Å². The van der Waals surface area contributed by atoms with Gasteiger partial charge in [0.25, 0.3) is 5.56 Å². The van der Waals surface area contributed by atoms with Crippen molar-refractivity contribution in [3.63, 3.8) is 0 Å². The molecule has 0 bridgehead atoms. The number of anilines is 1. The quantitative estimate of drug-likeness (QED) is 0.747. The monoisotopic (exact) mass is 375 g/mol. The maximum Gasteiger partial charge on any atom is 0.267 e. The van der Waals surface area contributed by atoms with E-state index in [0.717, 1.165) is 33.5 Å². The van der Waals surface area contributed by atoms with Crippen LogP contribution in [-0.2, 0) is 11.3 Å². The van der Waals surface area contributed by atoms with Gasteiger partial charge in [0.05, 0.1) is 5.69 Å². The number of aromatic nitrogens is 2. The Kier molecular flexibility index (Phi) is 5.45. The summed E-state index contributed by atoms with van der Waals surface area (Å²) in [7, 11) is 0. The molecule has 1 amide bonds. The SMILES string of the molecule is Cc1ccc(C)c(NC(=O)Cn2nc(-c3cc(C)c(C)cc3C)ccc2=O)c1. The highest BCUT2D eigenvalue weighted by Crippen LogP contribution is 2.24. The van der Waals surface area contributed by atoms with Crippen LogP contribution in [-0.4, -0.2) is 15.7 Å². The standard InChI is InChI=1S/C23H25N3O2/c1-14-6-7-15(2)21(10-14)24-22(27)13-26-23(28)9-8-20(25-26)19-12-17(4)16(3)11-18(19)5/h6-12H,13H2,1-5H3,(H,24,27). The van der Waals surface area contributed by atoms with Crippen molar-refractivity contribution in [3.8, 4) is 11.3 Å². The van der Waals surface area contributed by atoms with Gasteiger partial charge in [0.2, 0.25) is 5.91 Å². The van der Waals surface area contributed by atoms with Crippen molar-refractivity contribution in [1.29, 1.82) is 0 Å². The Morgan fingerprint density at radius 2 is 1.61 bits per heavy atom. The van der Waals surface area contributed by atoms with Crippen LogP contribution in [0.2, 0.25) is 0 Å². The Bertz CT molecular complexity index is 1110. The lowest BCUT2D eigenvalue weighted by atomic mass is 9.99. The van der Waals surface area contributed by atoms with Gasteiger partial charge in [0.1, 0.15) is 6.54 Å². The molecule has 5 nitrogen and oxygen atoms in total. The Balaban J connectivity index is 1.88. The minimum atomic E-state index is -0.304. The van der Waals surface area contributed by atoms with Crippen LogP contribution >= 0.6 is 0 Å². The van der Waals surface area contributed by atoms with Crippen molar-refractivity contribution in [3.05, 3.63) is 80.6 Å². The van der Waals surface area contributed by atoms with Crippen LogP contribution in [0.5, 0.6) is 0 Å². The smallest absolute Gasteiger partial charge is 0.267 e. The summed E-state index contributed by atoms with van der Waals surface area (Å²) in [5, 5.41) is 7.31. The largest absolute Gasteiger partial charge is 0.324 e. The molecule has 1 aromatic heterocycles. The summed E-state index contributed by atoms with van der Waals surface area (Å²) < 4.78 is 1.21. The van der Waals surface area contributed by atoms with Gasteiger partial charge >= 0.3 is 0 Å². The number of nitrogens with zero attached hydrogens (tertiary/aromatic N) is 2. The second-order valence-electron chi connectivity index (χ2n) is 7.33. The molecule has 1 heterocycles. The highest BCUT2D eigenvalue weighted by atomic mass is 16.2. The second kappa shape index (κ2) is 7.80. The van der Waals surface area contributed by atoms with Crippen molar-refractivity contribution in [2.45, 2.75) is 41.2 Å². The molecule has 0 aliphatic carbocycles. The average Bonchev–Trinajstić information content (AvgIpc) is 2.63. The summed E-state index contributed by atoms with van der Waals surface area (Å²) >= 11 is 0. The van der Waals surface area contributed by atoms with Crippen molar-refractivity contribution in [1.82, 2.24) is 9.78 Å². The van der Waals surface area contributed by atoms with Crippen LogP contribution in [0.15, 0.2) is 47.3 Å². The molecule has 0 aliphatic rings. The first-order valence-corrected chi connectivity index (χ1v) is 9.28. The Morgan fingerprint density at radius 3 is 2.36 bits per heavy atom. The first kappa shape index (κ1) is 19.5. The van der Waals surface area contributed by atoms with E-state index in [1.54, 1.807) is 6.07 Å². The van der Waals surface area contributed by atoms with Crippen LogP contribution in [0, 0.1) is 34.6 Å². The normalized spacial score (nSPS) is 10.8. The second-order valence-corrected chi connectivity index (χ2v) is 7.33. The zero-order valence-corrected chi connectivity index (χ0v) is 17.0. The topological polar surface area (TPSA) is 64.0 Å². The minimum absolute atomic E-state index is 0.135. The van der Waals surface area contributed by atoms with E-state index in [2.05, 4.69) is 29.5 Å². The van der Waals surface area contributed by atoms with Gasteiger partial charge in [-0.2, -0.15) is 5.10 Å². The van der Waals surface area contributed by atoms with Gasteiger partial charge in [-0.25, -0.2) is 4.68 Å². The Hall–Kier alpha value is -3.21. The predicted octanol–water partition coefficient (Wildman–Crippen LogP) is 4.09. The highest BCUT2D eigenvalue weighted by molar-refractivity contribution is 5.91. The number of hydrogen-bond acceptors (Lipinski definition) is 3. The molecular formula is C23H25N3O2. The molecule has 1 N–H and O–H groups in total. The van der Waals surface area contributed by atoms with Crippen LogP contribution in [0.25, 0.3) is 11.3 Å². The van der Waals surface area contributed by atoms with Crippen LogP contribution < -0.4 is 10.9 Å². The van der Waals surface area contributed by atoms with Crippen molar-refractivity contribution in [2.24, 2.45) is 0 Å². The van der Waals surface area contributed by atoms with Crippen molar-refractivity contribution in [2.75, 3.05) is 5.32 Å². The third-order valence-electron chi connectivity index (χ3n) is 4.94. The molecule has 0 spiro atoms. The lowest BCUT2D eigenvalue weighted by molar-refractivity contribution is -0.117.